The summed E-state index contributed by atoms with van der Waals surface area (Å²) in [4.78, 5) is 42.3. The third-order valence-corrected chi connectivity index (χ3v) is 2.85. The number of halogens is 3. The highest BCUT2D eigenvalue weighted by atomic mass is 35.5. The van der Waals surface area contributed by atoms with Crippen molar-refractivity contribution in [3.05, 3.63) is 48.3 Å². The maximum absolute atomic E-state index is 10.1. The van der Waals surface area contributed by atoms with Gasteiger partial charge in [0, 0.05) is 6.92 Å². The van der Waals surface area contributed by atoms with Gasteiger partial charge in [-0.15, -0.1) is 0 Å². The minimum atomic E-state index is -0.682. The molecule has 0 aliphatic rings. The molecule has 16 heteroatoms. The molecule has 0 amide bonds. The number of nitrogens with zero attached hydrogens (tertiary/aromatic N) is 6. The third kappa shape index (κ3) is 9.70. The number of nitrogens with two attached hydrogens (primary N) is 1. The van der Waals surface area contributed by atoms with Crippen LogP contribution in [0.5, 0.6) is 0 Å². The van der Waals surface area contributed by atoms with Gasteiger partial charge < -0.3 is 10.5 Å². The molecule has 0 aliphatic carbocycles. The number of ether oxygens (including phenoxy) is 1. The Morgan fingerprint density at radius 1 is 1.07 bits per heavy atom. The van der Waals surface area contributed by atoms with E-state index in [0.29, 0.717) is 6.61 Å². The molecule has 0 bridgehead atoms. The van der Waals surface area contributed by atoms with Gasteiger partial charge in [0.1, 0.15) is 12.4 Å². The molecule has 2 heterocycles. The highest BCUT2D eigenvalue weighted by Crippen LogP contribution is 2.21. The van der Waals surface area contributed by atoms with E-state index in [1.54, 1.807) is 6.92 Å². The molecule has 152 valence electrons. The molecule has 2 aromatic heterocycles. The topological polar surface area (TPSA) is 190 Å². The molecule has 0 aliphatic heterocycles. The van der Waals surface area contributed by atoms with Crippen LogP contribution >= 0.6 is 34.8 Å². The van der Waals surface area contributed by atoms with Crippen LogP contribution in [0.2, 0.25) is 15.7 Å². The molecule has 0 unspecified atom stereocenters. The lowest BCUT2D eigenvalue weighted by Gasteiger charge is -1.93. The van der Waals surface area contributed by atoms with Crippen LogP contribution in [0.3, 0.4) is 0 Å². The first-order valence-electron chi connectivity index (χ1n) is 6.87. The van der Waals surface area contributed by atoms with Gasteiger partial charge in [0.15, 0.2) is 0 Å². The van der Waals surface area contributed by atoms with Gasteiger partial charge in [-0.05, 0) is 30.1 Å². The first-order chi connectivity index (χ1) is 13.0. The van der Waals surface area contributed by atoms with Crippen LogP contribution in [-0.4, -0.2) is 42.4 Å². The average Bonchev–Trinajstić information content (AvgIpc) is 2.55. The summed E-state index contributed by atoms with van der Waals surface area (Å²) >= 11 is 15.9. The molecule has 0 spiro atoms. The van der Waals surface area contributed by atoms with E-state index in [0.717, 1.165) is 12.4 Å². The Morgan fingerprint density at radius 3 is 1.86 bits per heavy atom. The van der Waals surface area contributed by atoms with E-state index in [1.165, 1.54) is 6.92 Å². The zero-order valence-electron chi connectivity index (χ0n) is 14.2. The maximum Gasteiger partial charge on any atom is 0.329 e. The van der Waals surface area contributed by atoms with E-state index in [9.17, 15) is 25.0 Å². The SMILES string of the molecule is CCOC(C)=O.Nc1nc(Cl)ncc1[N+](=O)[O-].O=[N+]([O-])c1cnc(Cl)nc1Cl. The number of nitro groups is 2. The second kappa shape index (κ2) is 12.5. The molecular weight excluding hydrogens is 445 g/mol. The van der Waals surface area contributed by atoms with Crippen molar-refractivity contribution in [1.29, 1.82) is 0 Å². The summed E-state index contributed by atoms with van der Waals surface area (Å²) in [5, 5.41) is 19.8. The molecular formula is C12H12Cl3N7O6. The predicted octanol–water partition coefficient (Wildman–Crippen LogP) is 2.88. The molecule has 28 heavy (non-hydrogen) atoms. The number of hydrogen-bond acceptors (Lipinski definition) is 11. The summed E-state index contributed by atoms with van der Waals surface area (Å²) in [5.74, 6) is -0.437. The van der Waals surface area contributed by atoms with Gasteiger partial charge in [-0.1, -0.05) is 11.6 Å². The molecule has 2 aromatic rings. The van der Waals surface area contributed by atoms with Gasteiger partial charge in [0.05, 0.1) is 16.5 Å². The van der Waals surface area contributed by atoms with Crippen LogP contribution in [0.4, 0.5) is 17.2 Å². The summed E-state index contributed by atoms with van der Waals surface area (Å²) < 4.78 is 4.40. The second-order valence-corrected chi connectivity index (χ2v) is 5.20. The zero-order chi connectivity index (χ0) is 21.9. The van der Waals surface area contributed by atoms with Gasteiger partial charge in [0.2, 0.25) is 21.5 Å². The first-order valence-corrected chi connectivity index (χ1v) is 8.01. The van der Waals surface area contributed by atoms with Crippen LogP contribution < -0.4 is 5.73 Å². The van der Waals surface area contributed by atoms with Crippen molar-refractivity contribution in [2.45, 2.75) is 13.8 Å². The lowest BCUT2D eigenvalue weighted by atomic mass is 10.5. The van der Waals surface area contributed by atoms with E-state index < -0.39 is 9.85 Å². The lowest BCUT2D eigenvalue weighted by Crippen LogP contribution is -1.99. The summed E-state index contributed by atoms with van der Waals surface area (Å²) in [6.07, 6.45) is 1.92. The van der Waals surface area contributed by atoms with E-state index in [2.05, 4.69) is 24.7 Å². The van der Waals surface area contributed by atoms with Gasteiger partial charge in [-0.25, -0.2) is 9.97 Å². The summed E-state index contributed by atoms with van der Waals surface area (Å²) in [7, 11) is 0. The van der Waals surface area contributed by atoms with Gasteiger partial charge in [-0.2, -0.15) is 9.97 Å². The average molecular weight is 457 g/mol. The van der Waals surface area contributed by atoms with Crippen molar-refractivity contribution < 1.29 is 19.4 Å². The fourth-order valence-electron chi connectivity index (χ4n) is 1.17. The zero-order valence-corrected chi connectivity index (χ0v) is 16.5. The standard InChI is InChI=1S/C4HCl2N3O2.C4H3ClN4O2.C4H8O2/c5-3-2(9(10)11)1-7-4(6)8-3;5-4-7-1-2(9(10)11)3(6)8-4;1-3-6-4(2)5/h1H;1H,(H2,6,7,8);3H2,1-2H3. The minimum absolute atomic E-state index is 0.104. The van der Waals surface area contributed by atoms with Crippen molar-refractivity contribution >= 4 is 58.0 Å². The van der Waals surface area contributed by atoms with Crippen LogP contribution in [0.15, 0.2) is 12.4 Å². The molecule has 0 saturated carbocycles. The number of rotatable bonds is 3. The van der Waals surface area contributed by atoms with E-state index in [-0.39, 0.29) is 38.9 Å². The predicted molar refractivity (Wildman–Crippen MR) is 99.1 cm³/mol. The van der Waals surface area contributed by atoms with E-state index >= 15 is 0 Å². The molecule has 13 nitrogen and oxygen atoms in total. The number of esters is 1. The number of hydrogen-bond donors (Lipinski definition) is 1. The van der Waals surface area contributed by atoms with Gasteiger partial charge in [0.25, 0.3) is 0 Å². The number of aromatic nitrogens is 4. The Kier molecular flexibility index (Phi) is 11.2. The number of anilines is 1. The molecule has 0 aromatic carbocycles. The quantitative estimate of drug-likeness (QED) is 0.235. The van der Waals surface area contributed by atoms with E-state index in [4.69, 9.17) is 40.5 Å². The van der Waals surface area contributed by atoms with Gasteiger partial charge in [-0.3, -0.25) is 25.0 Å². The maximum atomic E-state index is 10.1. The highest BCUT2D eigenvalue weighted by molar-refractivity contribution is 6.33. The van der Waals surface area contributed by atoms with Crippen molar-refractivity contribution in [1.82, 2.24) is 19.9 Å². The Morgan fingerprint density at radius 2 is 1.54 bits per heavy atom. The number of carbonyl (C=O) groups is 1. The van der Waals surface area contributed by atoms with Crippen molar-refractivity contribution in [3.63, 3.8) is 0 Å². The molecule has 0 radical (unpaired) electrons. The van der Waals surface area contributed by atoms with Crippen LogP contribution in [0, 0.1) is 20.2 Å². The molecule has 0 atom stereocenters. The monoisotopic (exact) mass is 455 g/mol. The Balaban J connectivity index is 0.000000411. The number of carbonyl (C=O) groups excluding carboxylic acids is 1. The van der Waals surface area contributed by atoms with Crippen LogP contribution in [0.25, 0.3) is 0 Å². The fraction of sp³-hybridized carbons (Fsp3) is 0.250. The molecule has 2 N–H and O–H groups in total. The van der Waals surface area contributed by atoms with Gasteiger partial charge >= 0.3 is 17.3 Å². The summed E-state index contributed by atoms with van der Waals surface area (Å²) in [6.45, 7) is 3.65. The highest BCUT2D eigenvalue weighted by Gasteiger charge is 2.14. The van der Waals surface area contributed by atoms with Crippen molar-refractivity contribution in [2.75, 3.05) is 12.3 Å². The van der Waals surface area contributed by atoms with Crippen molar-refractivity contribution in [2.24, 2.45) is 0 Å². The van der Waals surface area contributed by atoms with Crippen LogP contribution in [0.1, 0.15) is 13.8 Å². The Labute approximate surface area is 172 Å². The molecule has 0 fully saturated rings. The van der Waals surface area contributed by atoms with Crippen LogP contribution in [-0.2, 0) is 9.53 Å². The second-order valence-electron chi connectivity index (χ2n) is 4.16. The first kappa shape index (κ1) is 25.1. The lowest BCUT2D eigenvalue weighted by molar-refractivity contribution is -0.385. The Bertz CT molecular complexity index is 793. The third-order valence-electron chi connectivity index (χ3n) is 2.20. The smallest absolute Gasteiger partial charge is 0.329 e. The van der Waals surface area contributed by atoms with Crippen molar-refractivity contribution in [3.8, 4) is 0 Å². The minimum Gasteiger partial charge on any atom is -0.466 e. The molecule has 2 rings (SSSR count). The largest absolute Gasteiger partial charge is 0.466 e. The molecule has 0 saturated heterocycles. The summed E-state index contributed by atoms with van der Waals surface area (Å²) in [6, 6.07) is 0. The normalized spacial score (nSPS) is 9.18. The van der Waals surface area contributed by atoms with E-state index in [1.807, 2.05) is 0 Å². The summed E-state index contributed by atoms with van der Waals surface area (Å²) in [5.41, 5.74) is 4.46. The number of nitrogen functional groups attached to an aromatic ring is 1. The Hall–Kier alpha value is -2.90. The fourth-order valence-corrected chi connectivity index (χ4v) is 1.68.